The van der Waals surface area contributed by atoms with Gasteiger partial charge in [-0.25, -0.2) is 4.57 Å². The maximum absolute atomic E-state index is 10.9. The first-order valence-corrected chi connectivity index (χ1v) is 10.1. The lowest BCUT2D eigenvalue weighted by molar-refractivity contribution is 0.282. The molecule has 0 bridgehead atoms. The van der Waals surface area contributed by atoms with Gasteiger partial charge in [-0.1, -0.05) is 63.6 Å². The van der Waals surface area contributed by atoms with Gasteiger partial charge >= 0.3 is 7.82 Å². The number of phosphoric ester groups is 1. The van der Waals surface area contributed by atoms with Gasteiger partial charge in [0.1, 0.15) is 5.75 Å². The summed E-state index contributed by atoms with van der Waals surface area (Å²) in [4.78, 5) is 17.8. The normalized spacial score (nSPS) is 10.9. The SMILES string of the molecule is CCCCCCCCCc1ccccc1OP(=O)(O)O.NCCO. The Labute approximate surface area is 145 Å². The molecule has 0 amide bonds. The molecule has 6 nitrogen and oxygen atoms in total. The quantitative estimate of drug-likeness (QED) is 0.355. The van der Waals surface area contributed by atoms with E-state index >= 15 is 0 Å². The molecule has 1 rings (SSSR count). The second-order valence-electron chi connectivity index (χ2n) is 5.57. The van der Waals surface area contributed by atoms with Gasteiger partial charge in [-0.3, -0.25) is 9.79 Å². The van der Waals surface area contributed by atoms with Crippen LogP contribution in [0.3, 0.4) is 0 Å². The van der Waals surface area contributed by atoms with Crippen LogP contribution in [0, 0.1) is 0 Å². The first kappa shape index (κ1) is 23.1. The number of phosphoric acid groups is 1. The van der Waals surface area contributed by atoms with Crippen molar-refractivity contribution in [1.82, 2.24) is 0 Å². The molecule has 7 heteroatoms. The summed E-state index contributed by atoms with van der Waals surface area (Å²) >= 11 is 0. The molecule has 0 fully saturated rings. The second-order valence-corrected chi connectivity index (χ2v) is 6.74. The summed E-state index contributed by atoms with van der Waals surface area (Å²) < 4.78 is 15.6. The summed E-state index contributed by atoms with van der Waals surface area (Å²) in [6.45, 7) is 2.68. The highest BCUT2D eigenvalue weighted by Crippen LogP contribution is 2.39. The molecule has 1 aromatic rings. The zero-order valence-electron chi connectivity index (χ0n) is 14.6. The molecule has 0 aliphatic heterocycles. The number of aryl methyl sites for hydroxylation is 1. The fourth-order valence-electron chi connectivity index (χ4n) is 2.20. The van der Waals surface area contributed by atoms with Gasteiger partial charge in [-0.05, 0) is 24.5 Å². The Hall–Kier alpha value is -0.910. The number of hydrogen-bond acceptors (Lipinski definition) is 4. The predicted molar refractivity (Wildman–Crippen MR) is 97.0 cm³/mol. The summed E-state index contributed by atoms with van der Waals surface area (Å²) in [5.74, 6) is 0.298. The van der Waals surface area contributed by atoms with Gasteiger partial charge in [-0.15, -0.1) is 0 Å². The molecule has 24 heavy (non-hydrogen) atoms. The zero-order valence-corrected chi connectivity index (χ0v) is 15.5. The minimum absolute atomic E-state index is 0.0972. The molecule has 0 aliphatic carbocycles. The average Bonchev–Trinajstić information content (AvgIpc) is 2.54. The van der Waals surface area contributed by atoms with E-state index in [1.807, 2.05) is 12.1 Å². The maximum Gasteiger partial charge on any atom is 0.524 e. The van der Waals surface area contributed by atoms with Gasteiger partial charge in [0.2, 0.25) is 0 Å². The molecule has 0 unspecified atom stereocenters. The Kier molecular flexibility index (Phi) is 13.9. The van der Waals surface area contributed by atoms with E-state index in [0.717, 1.165) is 24.8 Å². The Balaban J connectivity index is 0.00000118. The van der Waals surface area contributed by atoms with Crippen molar-refractivity contribution in [3.8, 4) is 5.75 Å². The van der Waals surface area contributed by atoms with Crippen molar-refractivity contribution in [3.05, 3.63) is 29.8 Å². The first-order valence-electron chi connectivity index (χ1n) is 8.58. The van der Waals surface area contributed by atoms with Crippen LogP contribution in [0.2, 0.25) is 0 Å². The van der Waals surface area contributed by atoms with Gasteiger partial charge in [0.15, 0.2) is 0 Å². The van der Waals surface area contributed by atoms with Crippen molar-refractivity contribution in [3.63, 3.8) is 0 Å². The van der Waals surface area contributed by atoms with E-state index in [4.69, 9.17) is 25.2 Å². The largest absolute Gasteiger partial charge is 0.524 e. The van der Waals surface area contributed by atoms with Crippen LogP contribution in [0.15, 0.2) is 24.3 Å². The molecule has 0 saturated carbocycles. The van der Waals surface area contributed by atoms with E-state index in [0.29, 0.717) is 12.3 Å². The van der Waals surface area contributed by atoms with Crippen LogP contribution >= 0.6 is 7.82 Å². The minimum atomic E-state index is -4.47. The van der Waals surface area contributed by atoms with E-state index < -0.39 is 7.82 Å². The molecule has 0 aromatic heterocycles. The van der Waals surface area contributed by atoms with Gasteiger partial charge < -0.3 is 15.4 Å². The van der Waals surface area contributed by atoms with Crippen molar-refractivity contribution >= 4 is 7.82 Å². The lowest BCUT2D eigenvalue weighted by Crippen LogP contribution is -2.02. The highest BCUT2D eigenvalue weighted by Gasteiger charge is 2.17. The Morgan fingerprint density at radius 3 is 2.12 bits per heavy atom. The molecule has 0 aliphatic rings. The standard InChI is InChI=1S/C15H25O4P.C2H7NO/c1-2-3-4-5-6-7-8-11-14-12-9-10-13-15(14)19-20(16,17)18;3-1-2-4/h9-10,12-13H,2-8,11H2,1H3,(H2,16,17,18);4H,1-3H2. The van der Waals surface area contributed by atoms with Gasteiger partial charge in [-0.2, -0.15) is 0 Å². The molecular formula is C17H32NO5P. The second kappa shape index (κ2) is 14.4. The van der Waals surface area contributed by atoms with Crippen molar-refractivity contribution in [2.45, 2.75) is 58.3 Å². The van der Waals surface area contributed by atoms with Crippen LogP contribution in [0.25, 0.3) is 0 Å². The molecule has 5 N–H and O–H groups in total. The number of aliphatic hydroxyl groups excluding tert-OH is 1. The third-order valence-corrected chi connectivity index (χ3v) is 3.80. The van der Waals surface area contributed by atoms with Crippen LogP contribution in [0.4, 0.5) is 0 Å². The van der Waals surface area contributed by atoms with E-state index in [-0.39, 0.29) is 6.61 Å². The van der Waals surface area contributed by atoms with Crippen molar-refractivity contribution in [2.75, 3.05) is 13.2 Å². The number of hydrogen-bond donors (Lipinski definition) is 4. The molecular weight excluding hydrogens is 329 g/mol. The van der Waals surface area contributed by atoms with Gasteiger partial charge in [0, 0.05) is 6.54 Å². The number of para-hydroxylation sites is 1. The number of unbranched alkanes of at least 4 members (excludes halogenated alkanes) is 6. The molecule has 0 saturated heterocycles. The average molecular weight is 361 g/mol. The van der Waals surface area contributed by atoms with E-state index in [1.165, 1.54) is 32.1 Å². The summed E-state index contributed by atoms with van der Waals surface area (Å²) in [5, 5.41) is 7.75. The number of aliphatic hydroxyl groups is 1. The number of rotatable bonds is 11. The third kappa shape index (κ3) is 13.5. The van der Waals surface area contributed by atoms with Crippen LogP contribution in [-0.4, -0.2) is 28.0 Å². The Morgan fingerprint density at radius 1 is 1.04 bits per heavy atom. The van der Waals surface area contributed by atoms with Crippen LogP contribution < -0.4 is 10.3 Å². The minimum Gasteiger partial charge on any atom is -0.404 e. The Morgan fingerprint density at radius 2 is 1.58 bits per heavy atom. The third-order valence-electron chi connectivity index (χ3n) is 3.37. The van der Waals surface area contributed by atoms with Crippen molar-refractivity contribution in [1.29, 1.82) is 0 Å². The Bertz CT molecular complexity index is 462. The summed E-state index contributed by atoms with van der Waals surface area (Å²) in [7, 11) is -4.47. The fourth-order valence-corrected chi connectivity index (χ4v) is 2.63. The summed E-state index contributed by atoms with van der Waals surface area (Å²) in [6, 6.07) is 7.06. The molecule has 0 radical (unpaired) electrons. The van der Waals surface area contributed by atoms with Crippen LogP contribution in [0.5, 0.6) is 5.75 Å². The highest BCUT2D eigenvalue weighted by molar-refractivity contribution is 7.46. The maximum atomic E-state index is 10.9. The predicted octanol–water partition coefficient (Wildman–Crippen LogP) is 3.39. The molecule has 0 spiro atoms. The van der Waals surface area contributed by atoms with Crippen LogP contribution in [-0.2, 0) is 11.0 Å². The highest BCUT2D eigenvalue weighted by atomic mass is 31.2. The number of benzene rings is 1. The van der Waals surface area contributed by atoms with Crippen molar-refractivity contribution in [2.24, 2.45) is 5.73 Å². The molecule has 0 heterocycles. The van der Waals surface area contributed by atoms with E-state index in [1.54, 1.807) is 12.1 Å². The summed E-state index contributed by atoms with van der Waals surface area (Å²) in [5.41, 5.74) is 5.64. The van der Waals surface area contributed by atoms with Gasteiger partial charge in [0.25, 0.3) is 0 Å². The van der Waals surface area contributed by atoms with Crippen LogP contribution in [0.1, 0.15) is 57.4 Å². The lowest BCUT2D eigenvalue weighted by Gasteiger charge is -2.11. The monoisotopic (exact) mass is 361 g/mol. The van der Waals surface area contributed by atoms with E-state index in [9.17, 15) is 4.57 Å². The fraction of sp³-hybridized carbons (Fsp3) is 0.647. The van der Waals surface area contributed by atoms with Crippen molar-refractivity contribution < 1.29 is 24.0 Å². The van der Waals surface area contributed by atoms with E-state index in [2.05, 4.69) is 6.92 Å². The molecule has 0 atom stereocenters. The van der Waals surface area contributed by atoms with Gasteiger partial charge in [0.05, 0.1) is 6.61 Å². The molecule has 1 aromatic carbocycles. The topological polar surface area (TPSA) is 113 Å². The number of nitrogens with two attached hydrogens (primary N) is 1. The lowest BCUT2D eigenvalue weighted by atomic mass is 10.0. The smallest absolute Gasteiger partial charge is 0.404 e. The molecule has 140 valence electrons. The zero-order chi connectivity index (χ0) is 18.3. The summed E-state index contributed by atoms with van der Waals surface area (Å²) in [6.07, 6.45) is 9.32. The first-order chi connectivity index (χ1) is 11.4.